The van der Waals surface area contributed by atoms with Crippen molar-refractivity contribution in [3.63, 3.8) is 0 Å². The third kappa shape index (κ3) is 5.29. The van der Waals surface area contributed by atoms with Gasteiger partial charge in [-0.05, 0) is 47.2 Å². The molecule has 0 bridgehead atoms. The lowest BCUT2D eigenvalue weighted by Gasteiger charge is -2.04. The molecule has 0 aliphatic carbocycles. The molecule has 22 heavy (non-hydrogen) atoms. The number of esters is 1. The number of non-ortho nitro benzene ring substituents is 1. The van der Waals surface area contributed by atoms with Gasteiger partial charge in [0.15, 0.2) is 0 Å². The molecule has 1 aromatic heterocycles. The van der Waals surface area contributed by atoms with Crippen LogP contribution in [0.1, 0.15) is 24.0 Å². The molecule has 0 saturated carbocycles. The van der Waals surface area contributed by atoms with E-state index in [0.717, 1.165) is 30.4 Å². The van der Waals surface area contributed by atoms with Gasteiger partial charge in [-0.1, -0.05) is 12.1 Å². The fourth-order valence-corrected chi connectivity index (χ4v) is 2.68. The smallest absolute Gasteiger partial charge is 0.310 e. The lowest BCUT2D eigenvalue weighted by atomic mass is 10.1. The molecular weight excluding hydrogens is 302 g/mol. The van der Waals surface area contributed by atoms with E-state index < -0.39 is 4.92 Å². The van der Waals surface area contributed by atoms with E-state index in [1.165, 1.54) is 12.1 Å². The summed E-state index contributed by atoms with van der Waals surface area (Å²) in [5, 5.41) is 14.4. The van der Waals surface area contributed by atoms with Crippen LogP contribution in [0, 0.1) is 10.1 Å². The van der Waals surface area contributed by atoms with Crippen molar-refractivity contribution in [3.05, 3.63) is 62.3 Å². The number of thiophene rings is 1. The van der Waals surface area contributed by atoms with Gasteiger partial charge in [-0.2, -0.15) is 11.3 Å². The van der Waals surface area contributed by atoms with Crippen molar-refractivity contribution in [2.24, 2.45) is 0 Å². The zero-order valence-electron chi connectivity index (χ0n) is 12.1. The van der Waals surface area contributed by atoms with Gasteiger partial charge >= 0.3 is 5.97 Å². The Balaban J connectivity index is 1.60. The van der Waals surface area contributed by atoms with Gasteiger partial charge < -0.3 is 4.74 Å². The Morgan fingerprint density at radius 2 is 1.91 bits per heavy atom. The van der Waals surface area contributed by atoms with Crippen LogP contribution in [0.25, 0.3) is 0 Å². The van der Waals surface area contributed by atoms with Gasteiger partial charge in [0.1, 0.15) is 0 Å². The number of aryl methyl sites for hydroxylation is 1. The highest BCUT2D eigenvalue weighted by atomic mass is 32.1. The van der Waals surface area contributed by atoms with Gasteiger partial charge in [0.25, 0.3) is 5.69 Å². The molecule has 5 nitrogen and oxygen atoms in total. The fourth-order valence-electron chi connectivity index (χ4n) is 2.01. The summed E-state index contributed by atoms with van der Waals surface area (Å²) < 4.78 is 5.18. The summed E-state index contributed by atoms with van der Waals surface area (Å²) in [7, 11) is 0. The molecule has 0 aliphatic heterocycles. The van der Waals surface area contributed by atoms with Crippen molar-refractivity contribution in [3.8, 4) is 0 Å². The average Bonchev–Trinajstić information content (AvgIpc) is 3.00. The summed E-state index contributed by atoms with van der Waals surface area (Å²) >= 11 is 1.56. The first-order chi connectivity index (χ1) is 10.6. The lowest BCUT2D eigenvalue weighted by molar-refractivity contribution is -0.384. The number of nitro groups is 1. The molecule has 0 unspecified atom stereocenters. The normalized spacial score (nSPS) is 10.4. The number of hydrogen-bond donors (Lipinski definition) is 0. The van der Waals surface area contributed by atoms with Crippen LogP contribution in [0.2, 0.25) is 0 Å². The van der Waals surface area contributed by atoms with Crippen LogP contribution in [0.5, 0.6) is 0 Å². The van der Waals surface area contributed by atoms with E-state index in [0.29, 0.717) is 13.0 Å². The number of benzene rings is 1. The minimum atomic E-state index is -0.406. The number of nitro benzene ring substituents is 1. The van der Waals surface area contributed by atoms with E-state index in [-0.39, 0.29) is 11.7 Å². The van der Waals surface area contributed by atoms with Gasteiger partial charge in [-0.15, -0.1) is 0 Å². The minimum absolute atomic E-state index is 0.103. The second-order valence-electron chi connectivity index (χ2n) is 4.91. The Hall–Kier alpha value is -2.21. The summed E-state index contributed by atoms with van der Waals surface area (Å²) in [6.45, 7) is 0.413. The summed E-state index contributed by atoms with van der Waals surface area (Å²) in [4.78, 5) is 21.7. The first-order valence-corrected chi connectivity index (χ1v) is 7.99. The molecule has 6 heteroatoms. The van der Waals surface area contributed by atoms with Crippen LogP contribution in [-0.4, -0.2) is 17.5 Å². The molecule has 0 atom stereocenters. The molecule has 0 saturated heterocycles. The van der Waals surface area contributed by atoms with Crippen molar-refractivity contribution in [1.29, 1.82) is 0 Å². The third-order valence-corrected chi connectivity index (χ3v) is 3.93. The zero-order valence-corrected chi connectivity index (χ0v) is 12.9. The molecule has 1 aromatic carbocycles. The number of rotatable bonds is 8. The first-order valence-electron chi connectivity index (χ1n) is 7.05. The van der Waals surface area contributed by atoms with Crippen molar-refractivity contribution < 1.29 is 14.5 Å². The molecule has 0 aliphatic rings. The van der Waals surface area contributed by atoms with Gasteiger partial charge in [0.2, 0.25) is 0 Å². The van der Waals surface area contributed by atoms with Crippen LogP contribution in [0.4, 0.5) is 5.69 Å². The quantitative estimate of drug-likeness (QED) is 0.321. The molecule has 2 aromatic rings. The maximum Gasteiger partial charge on any atom is 0.310 e. The summed E-state index contributed by atoms with van der Waals surface area (Å²) in [6, 6.07) is 8.47. The Morgan fingerprint density at radius 1 is 1.14 bits per heavy atom. The SMILES string of the molecule is O=C(Cc1ccsc1)OCCCCc1ccc([N+](=O)[O-])cc1. The van der Waals surface area contributed by atoms with Crippen LogP contribution in [0.15, 0.2) is 41.1 Å². The molecule has 0 spiro atoms. The maximum absolute atomic E-state index is 11.6. The second kappa shape index (κ2) is 8.29. The molecule has 2 rings (SSSR count). The van der Waals surface area contributed by atoms with Gasteiger partial charge in [-0.25, -0.2) is 0 Å². The molecule has 116 valence electrons. The van der Waals surface area contributed by atoms with Crippen molar-refractivity contribution >= 4 is 23.0 Å². The lowest BCUT2D eigenvalue weighted by Crippen LogP contribution is -2.08. The van der Waals surface area contributed by atoms with E-state index in [4.69, 9.17) is 4.74 Å². The molecular formula is C16H17NO4S. The number of hydrogen-bond acceptors (Lipinski definition) is 5. The zero-order chi connectivity index (χ0) is 15.8. The summed E-state index contributed by atoms with van der Waals surface area (Å²) in [5.41, 5.74) is 2.14. The highest BCUT2D eigenvalue weighted by Gasteiger charge is 2.06. The van der Waals surface area contributed by atoms with Crippen molar-refractivity contribution in [2.45, 2.75) is 25.7 Å². The third-order valence-electron chi connectivity index (χ3n) is 3.20. The van der Waals surface area contributed by atoms with E-state index in [1.54, 1.807) is 23.5 Å². The van der Waals surface area contributed by atoms with Gasteiger partial charge in [-0.3, -0.25) is 14.9 Å². The Morgan fingerprint density at radius 3 is 2.55 bits per heavy atom. The molecule has 1 heterocycles. The van der Waals surface area contributed by atoms with E-state index in [2.05, 4.69) is 0 Å². The average molecular weight is 319 g/mol. The molecule has 0 amide bonds. The minimum Gasteiger partial charge on any atom is -0.465 e. The van der Waals surface area contributed by atoms with E-state index in [1.807, 2.05) is 16.8 Å². The number of nitrogens with zero attached hydrogens (tertiary/aromatic N) is 1. The van der Waals surface area contributed by atoms with Crippen LogP contribution < -0.4 is 0 Å². The maximum atomic E-state index is 11.6. The number of carbonyl (C=O) groups excluding carboxylic acids is 1. The van der Waals surface area contributed by atoms with Gasteiger partial charge in [0, 0.05) is 12.1 Å². The topological polar surface area (TPSA) is 69.4 Å². The first kappa shape index (κ1) is 16.2. The van der Waals surface area contributed by atoms with Crippen LogP contribution in [-0.2, 0) is 22.4 Å². The highest BCUT2D eigenvalue weighted by Crippen LogP contribution is 2.13. The summed E-state index contributed by atoms with van der Waals surface area (Å²) in [6.07, 6.45) is 2.81. The van der Waals surface area contributed by atoms with E-state index >= 15 is 0 Å². The Kier molecular flexibility index (Phi) is 6.09. The standard InChI is InChI=1S/C16H17NO4S/c18-16(11-14-8-10-22-12-14)21-9-2-1-3-13-4-6-15(7-5-13)17(19)20/h4-8,10,12H,1-3,9,11H2. The van der Waals surface area contributed by atoms with Gasteiger partial charge in [0.05, 0.1) is 18.0 Å². The predicted octanol–water partition coefficient (Wildman–Crippen LogP) is 3.76. The van der Waals surface area contributed by atoms with Crippen molar-refractivity contribution in [2.75, 3.05) is 6.61 Å². The van der Waals surface area contributed by atoms with Crippen molar-refractivity contribution in [1.82, 2.24) is 0 Å². The molecule has 0 fully saturated rings. The number of unbranched alkanes of at least 4 members (excludes halogenated alkanes) is 1. The second-order valence-corrected chi connectivity index (χ2v) is 5.69. The molecule has 0 N–H and O–H groups in total. The monoisotopic (exact) mass is 319 g/mol. The number of ether oxygens (including phenoxy) is 1. The van der Waals surface area contributed by atoms with Crippen LogP contribution >= 0.6 is 11.3 Å². The highest BCUT2D eigenvalue weighted by molar-refractivity contribution is 7.07. The van der Waals surface area contributed by atoms with Crippen LogP contribution in [0.3, 0.4) is 0 Å². The van der Waals surface area contributed by atoms with E-state index in [9.17, 15) is 14.9 Å². The molecule has 0 radical (unpaired) electrons. The summed E-state index contributed by atoms with van der Waals surface area (Å²) in [5.74, 6) is -0.200. The fraction of sp³-hybridized carbons (Fsp3) is 0.312. The predicted molar refractivity (Wildman–Crippen MR) is 85.0 cm³/mol. The Bertz CT molecular complexity index is 608. The number of carbonyl (C=O) groups is 1. The Labute approximate surface area is 132 Å². The largest absolute Gasteiger partial charge is 0.465 e.